The normalized spacial score (nSPS) is 21.1. The standard InChI is InChI=1S/C23H20FN5O5/c1-23(11-21-25-12-22(29(30)31)28(21)27-23)14-33-18-6-2-15(3-7-18)20-10-19(34-26-20)13-32-17-8-4-16(24)5-9-17/h2-10,12,27H,11,13-14H2,1H3/p+1. The number of nitrogens with one attached hydrogen (secondary N) is 2. The third kappa shape index (κ3) is 4.51. The predicted octanol–water partition coefficient (Wildman–Crippen LogP) is 2.48. The molecule has 2 aliphatic heterocycles. The molecular formula is C23H21FN5O5+. The van der Waals surface area contributed by atoms with Gasteiger partial charge in [0.1, 0.15) is 46.7 Å². The minimum absolute atomic E-state index is 0.0156. The highest BCUT2D eigenvalue weighted by Crippen LogP contribution is 2.24. The van der Waals surface area contributed by atoms with Crippen LogP contribution in [0.2, 0.25) is 0 Å². The van der Waals surface area contributed by atoms with E-state index in [0.717, 1.165) is 5.56 Å². The maximum atomic E-state index is 13.0. The fourth-order valence-corrected chi connectivity index (χ4v) is 3.79. The Morgan fingerprint density at radius 3 is 2.62 bits per heavy atom. The van der Waals surface area contributed by atoms with Crippen LogP contribution in [0.25, 0.3) is 11.3 Å². The quantitative estimate of drug-likeness (QED) is 0.387. The van der Waals surface area contributed by atoms with Gasteiger partial charge in [0.2, 0.25) is 5.84 Å². The van der Waals surface area contributed by atoms with Gasteiger partial charge in [-0.05, 0) is 55.5 Å². The van der Waals surface area contributed by atoms with E-state index in [4.69, 9.17) is 14.0 Å². The van der Waals surface area contributed by atoms with Crippen molar-refractivity contribution < 1.29 is 28.3 Å². The van der Waals surface area contributed by atoms with Crippen molar-refractivity contribution in [1.29, 1.82) is 0 Å². The van der Waals surface area contributed by atoms with Crippen LogP contribution >= 0.6 is 0 Å². The zero-order valence-electron chi connectivity index (χ0n) is 18.2. The van der Waals surface area contributed by atoms with E-state index in [1.807, 2.05) is 31.2 Å². The van der Waals surface area contributed by atoms with Gasteiger partial charge in [-0.1, -0.05) is 5.16 Å². The summed E-state index contributed by atoms with van der Waals surface area (Å²) in [4.78, 5) is 14.9. The Balaban J connectivity index is 1.16. The molecule has 0 spiro atoms. The Kier molecular flexibility index (Phi) is 5.56. The number of benzene rings is 2. The first kappa shape index (κ1) is 21.7. The van der Waals surface area contributed by atoms with Gasteiger partial charge in [-0.15, -0.1) is 10.4 Å². The Morgan fingerprint density at radius 1 is 1.18 bits per heavy atom. The highest BCUT2D eigenvalue weighted by molar-refractivity contribution is 5.78. The van der Waals surface area contributed by atoms with Gasteiger partial charge in [-0.25, -0.2) is 4.39 Å². The molecule has 174 valence electrons. The molecule has 11 heteroatoms. The average Bonchev–Trinajstić information content (AvgIpc) is 3.52. The van der Waals surface area contributed by atoms with Crippen LogP contribution in [0.15, 0.2) is 76.1 Å². The predicted molar refractivity (Wildman–Crippen MR) is 118 cm³/mol. The van der Waals surface area contributed by atoms with Gasteiger partial charge in [0.15, 0.2) is 12.0 Å². The Morgan fingerprint density at radius 2 is 1.88 bits per heavy atom. The molecule has 0 radical (unpaired) electrons. The van der Waals surface area contributed by atoms with E-state index < -0.39 is 10.5 Å². The van der Waals surface area contributed by atoms with Crippen molar-refractivity contribution in [2.75, 3.05) is 6.61 Å². The minimum atomic E-state index is -0.492. The highest BCUT2D eigenvalue weighted by Gasteiger charge is 2.51. The Labute approximate surface area is 193 Å². The molecule has 0 aliphatic carbocycles. The molecule has 0 amide bonds. The molecule has 2 aliphatic rings. The summed E-state index contributed by atoms with van der Waals surface area (Å²) in [5, 5.41) is 15.7. The molecule has 5 rings (SSSR count). The van der Waals surface area contributed by atoms with E-state index in [0.29, 0.717) is 46.8 Å². The summed E-state index contributed by atoms with van der Waals surface area (Å²) in [6, 6.07) is 14.9. The van der Waals surface area contributed by atoms with Gasteiger partial charge < -0.3 is 14.0 Å². The topological polar surface area (TPSA) is 116 Å². The number of hydrogen-bond donors (Lipinski definition) is 2. The summed E-state index contributed by atoms with van der Waals surface area (Å²) in [5.74, 6) is 2.06. The fraction of sp³-hybridized carbons (Fsp3) is 0.217. The third-order valence-corrected chi connectivity index (χ3v) is 5.53. The van der Waals surface area contributed by atoms with Gasteiger partial charge in [0.25, 0.3) is 0 Å². The number of amidine groups is 1. The van der Waals surface area contributed by atoms with E-state index >= 15 is 0 Å². The second-order valence-corrected chi connectivity index (χ2v) is 8.32. The van der Waals surface area contributed by atoms with E-state index in [9.17, 15) is 14.5 Å². The maximum absolute atomic E-state index is 13.0. The average molecular weight is 466 g/mol. The first-order valence-corrected chi connectivity index (χ1v) is 10.5. The smallest absolute Gasteiger partial charge is 0.469 e. The number of aliphatic imine (C=N–C) groups is 1. The first-order chi connectivity index (χ1) is 16.4. The summed E-state index contributed by atoms with van der Waals surface area (Å²) >= 11 is 0. The van der Waals surface area contributed by atoms with Gasteiger partial charge in [-0.2, -0.15) is 4.99 Å². The maximum Gasteiger partial charge on any atom is 0.469 e. The monoisotopic (exact) mass is 466 g/mol. The van der Waals surface area contributed by atoms with Crippen LogP contribution < -0.4 is 19.9 Å². The van der Waals surface area contributed by atoms with Crippen molar-refractivity contribution in [3.8, 4) is 22.8 Å². The van der Waals surface area contributed by atoms with E-state index in [-0.39, 0.29) is 18.2 Å². The number of quaternary nitrogens is 1. The highest BCUT2D eigenvalue weighted by atomic mass is 19.1. The molecule has 1 fully saturated rings. The molecule has 0 bridgehead atoms. The number of ether oxygens (including phenoxy) is 2. The van der Waals surface area contributed by atoms with E-state index in [1.165, 1.54) is 18.3 Å². The summed E-state index contributed by atoms with van der Waals surface area (Å²) in [5.41, 5.74) is 4.19. The van der Waals surface area contributed by atoms with Gasteiger partial charge >= 0.3 is 5.82 Å². The van der Waals surface area contributed by atoms with Crippen molar-refractivity contribution in [2.45, 2.75) is 25.5 Å². The molecule has 1 aromatic heterocycles. The molecule has 3 heterocycles. The summed E-state index contributed by atoms with van der Waals surface area (Å²) < 4.78 is 29.8. The van der Waals surface area contributed by atoms with Crippen molar-refractivity contribution in [2.24, 2.45) is 4.99 Å². The largest absolute Gasteiger partial charge is 0.491 e. The van der Waals surface area contributed by atoms with Crippen LogP contribution in [0.4, 0.5) is 4.39 Å². The van der Waals surface area contributed by atoms with Crippen LogP contribution in [0.1, 0.15) is 19.1 Å². The molecule has 2 aromatic carbocycles. The zero-order valence-corrected chi connectivity index (χ0v) is 18.2. The second-order valence-electron chi connectivity index (χ2n) is 8.32. The second kappa shape index (κ2) is 8.69. The third-order valence-electron chi connectivity index (χ3n) is 5.53. The van der Waals surface area contributed by atoms with Crippen molar-refractivity contribution >= 4 is 5.84 Å². The molecule has 2 N–H and O–H groups in total. The number of nitro groups is 1. The van der Waals surface area contributed by atoms with E-state index in [1.54, 1.807) is 18.2 Å². The molecular weight excluding hydrogens is 445 g/mol. The van der Waals surface area contributed by atoms with Crippen LogP contribution in [0.5, 0.6) is 11.5 Å². The number of hydrogen-bond acceptors (Lipinski definition) is 8. The number of fused-ring (bicyclic) bond motifs is 1. The van der Waals surface area contributed by atoms with Crippen LogP contribution in [-0.2, 0) is 6.61 Å². The lowest BCUT2D eigenvalue weighted by Crippen LogP contribution is -3.17. The van der Waals surface area contributed by atoms with Crippen LogP contribution in [-0.4, -0.2) is 28.1 Å². The minimum Gasteiger partial charge on any atom is -0.491 e. The van der Waals surface area contributed by atoms with Gasteiger partial charge in [0.05, 0.1) is 6.42 Å². The molecule has 3 aromatic rings. The fourth-order valence-electron chi connectivity index (χ4n) is 3.79. The lowest BCUT2D eigenvalue weighted by Gasteiger charge is -2.21. The van der Waals surface area contributed by atoms with Crippen LogP contribution in [0, 0.1) is 15.9 Å². The van der Waals surface area contributed by atoms with Crippen molar-refractivity contribution in [1.82, 2.24) is 10.6 Å². The number of aromatic nitrogens is 1. The molecule has 2 atom stereocenters. The van der Waals surface area contributed by atoms with Crippen molar-refractivity contribution in [3.63, 3.8) is 0 Å². The molecule has 10 nitrogen and oxygen atoms in total. The van der Waals surface area contributed by atoms with Gasteiger partial charge in [-0.3, -0.25) is 10.1 Å². The number of halogens is 1. The lowest BCUT2D eigenvalue weighted by atomic mass is 10.0. The molecule has 2 unspecified atom stereocenters. The van der Waals surface area contributed by atoms with E-state index in [2.05, 4.69) is 15.6 Å². The zero-order chi connectivity index (χ0) is 23.7. The summed E-state index contributed by atoms with van der Waals surface area (Å²) in [7, 11) is 0. The number of rotatable bonds is 8. The van der Waals surface area contributed by atoms with Crippen molar-refractivity contribution in [3.05, 3.63) is 88.3 Å². The lowest BCUT2D eigenvalue weighted by molar-refractivity contribution is -0.874. The Hall–Kier alpha value is -4.09. The van der Waals surface area contributed by atoms with Gasteiger partial charge in [0, 0.05) is 11.6 Å². The SMILES string of the molecule is CC1(COc2ccc(-c3cc(COc4ccc(F)cc4)on3)cc2)CC2=NC=C([N+](=O)[O-])[NH+]2N1. The first-order valence-electron chi connectivity index (χ1n) is 10.5. The number of nitrogens with zero attached hydrogens (tertiary/aromatic N) is 3. The Bertz CT molecular complexity index is 1270. The summed E-state index contributed by atoms with van der Waals surface area (Å²) in [6.07, 6.45) is 1.82. The van der Waals surface area contributed by atoms with Crippen LogP contribution in [0.3, 0.4) is 0 Å². The molecule has 0 saturated carbocycles. The molecule has 34 heavy (non-hydrogen) atoms. The molecule has 1 saturated heterocycles. The summed E-state index contributed by atoms with van der Waals surface area (Å²) in [6.45, 7) is 2.43.